The van der Waals surface area contributed by atoms with Crippen LogP contribution in [0.15, 0.2) is 67.1 Å². The molecule has 0 amide bonds. The Morgan fingerprint density at radius 3 is 2.59 bits per heavy atom. The quantitative estimate of drug-likeness (QED) is 0.264. The predicted molar refractivity (Wildman–Crippen MR) is 158 cm³/mol. The van der Waals surface area contributed by atoms with E-state index in [0.717, 1.165) is 45.3 Å². The molecule has 9 nitrogen and oxygen atoms in total. The number of H-pyrrole nitrogens is 2. The van der Waals surface area contributed by atoms with Crippen molar-refractivity contribution in [3.63, 3.8) is 0 Å². The van der Waals surface area contributed by atoms with Crippen molar-refractivity contribution in [1.29, 1.82) is 0 Å². The van der Waals surface area contributed by atoms with Crippen molar-refractivity contribution < 1.29 is 12.8 Å². The summed E-state index contributed by atoms with van der Waals surface area (Å²) in [6.07, 6.45) is 6.80. The number of hydrogen-bond donors (Lipinski definition) is 2. The van der Waals surface area contributed by atoms with E-state index in [-0.39, 0.29) is 12.2 Å². The molecule has 0 aliphatic rings. The lowest BCUT2D eigenvalue weighted by molar-refractivity contribution is 0.402. The summed E-state index contributed by atoms with van der Waals surface area (Å²) in [6, 6.07) is 14.3. The Bertz CT molecular complexity index is 2010. The van der Waals surface area contributed by atoms with Gasteiger partial charge in [0.15, 0.2) is 5.82 Å². The smallest absolute Gasteiger partial charge is 0.159 e. The number of pyridine rings is 2. The molecule has 0 atom stereocenters. The molecule has 0 fully saturated rings. The molecule has 4 aromatic heterocycles. The zero-order chi connectivity index (χ0) is 28.7. The molecule has 4 heterocycles. The van der Waals surface area contributed by atoms with Crippen LogP contribution < -0.4 is 0 Å². The predicted octanol–water partition coefficient (Wildman–Crippen LogP) is 5.02. The Morgan fingerprint density at radius 1 is 0.951 bits per heavy atom. The Balaban J connectivity index is 1.40. The fourth-order valence-electron chi connectivity index (χ4n) is 4.97. The number of imidazole rings is 1. The van der Waals surface area contributed by atoms with Gasteiger partial charge in [-0.15, -0.1) is 0 Å². The van der Waals surface area contributed by atoms with Gasteiger partial charge >= 0.3 is 0 Å². The van der Waals surface area contributed by atoms with E-state index in [1.165, 1.54) is 18.4 Å². The molecule has 41 heavy (non-hydrogen) atoms. The molecule has 2 aromatic carbocycles. The second-order valence-corrected chi connectivity index (χ2v) is 12.8. The molecule has 208 valence electrons. The van der Waals surface area contributed by atoms with Crippen LogP contribution in [0.3, 0.4) is 0 Å². The number of para-hydroxylation sites is 1. The number of aromatic nitrogens is 6. The molecule has 11 heteroatoms. The highest BCUT2D eigenvalue weighted by Gasteiger charge is 2.17. The van der Waals surface area contributed by atoms with Crippen LogP contribution >= 0.6 is 0 Å². The van der Waals surface area contributed by atoms with Crippen molar-refractivity contribution in [3.8, 4) is 33.9 Å². The highest BCUT2D eigenvalue weighted by Crippen LogP contribution is 2.33. The van der Waals surface area contributed by atoms with Crippen molar-refractivity contribution in [1.82, 2.24) is 35.0 Å². The molecule has 6 rings (SSSR count). The van der Waals surface area contributed by atoms with Gasteiger partial charge < -0.3 is 9.88 Å². The van der Waals surface area contributed by atoms with Crippen molar-refractivity contribution in [2.24, 2.45) is 0 Å². The molecule has 6 aromatic rings. The second-order valence-electron chi connectivity index (χ2n) is 10.5. The van der Waals surface area contributed by atoms with Crippen LogP contribution in [0.25, 0.3) is 55.8 Å². The van der Waals surface area contributed by atoms with Gasteiger partial charge in [0.05, 0.1) is 34.2 Å². The number of benzene rings is 2. The molecule has 0 aliphatic heterocycles. The molecule has 0 bridgehead atoms. The number of nitrogens with one attached hydrogen (secondary N) is 2. The van der Waals surface area contributed by atoms with Crippen LogP contribution in [0.2, 0.25) is 0 Å². The van der Waals surface area contributed by atoms with Crippen LogP contribution in [0.1, 0.15) is 11.1 Å². The third-order valence-electron chi connectivity index (χ3n) is 6.80. The number of nitrogens with zero attached hydrogens (tertiary/aromatic N) is 5. The average Bonchev–Trinajstić information content (AvgIpc) is 3.54. The zero-order valence-electron chi connectivity index (χ0n) is 22.8. The SMILES string of the molecule is CN(C)Cc1cncc(-c2cc3c(-c4nc5c(-c6cc(F)cc(CCS(C)(=O)=O)c6)cccc5[nH]4)n[nH]c3cn2)c1. The maximum Gasteiger partial charge on any atom is 0.159 e. The molecule has 0 unspecified atom stereocenters. The van der Waals surface area contributed by atoms with Crippen molar-refractivity contribution in [2.75, 3.05) is 26.1 Å². The molecule has 2 N–H and O–H groups in total. The second kappa shape index (κ2) is 10.5. The van der Waals surface area contributed by atoms with Gasteiger partial charge in [-0.3, -0.25) is 15.1 Å². The maximum absolute atomic E-state index is 14.6. The highest BCUT2D eigenvalue weighted by molar-refractivity contribution is 7.90. The van der Waals surface area contributed by atoms with E-state index in [4.69, 9.17) is 4.98 Å². The summed E-state index contributed by atoms with van der Waals surface area (Å²) < 4.78 is 37.9. The maximum atomic E-state index is 14.6. The third-order valence-corrected chi connectivity index (χ3v) is 7.75. The van der Waals surface area contributed by atoms with Gasteiger partial charge in [0.2, 0.25) is 0 Å². The largest absolute Gasteiger partial charge is 0.337 e. The minimum Gasteiger partial charge on any atom is -0.337 e. The Labute approximate surface area is 236 Å². The van der Waals surface area contributed by atoms with E-state index >= 15 is 0 Å². The van der Waals surface area contributed by atoms with Gasteiger partial charge in [-0.1, -0.05) is 18.2 Å². The normalized spacial score (nSPS) is 12.1. The van der Waals surface area contributed by atoms with Crippen molar-refractivity contribution >= 4 is 31.8 Å². The minimum atomic E-state index is -3.17. The molecular weight excluding hydrogens is 541 g/mol. The topological polar surface area (TPSA) is 121 Å². The average molecular weight is 570 g/mol. The number of halogens is 1. The Kier molecular flexibility index (Phi) is 6.84. The van der Waals surface area contributed by atoms with Crippen LogP contribution in [0.4, 0.5) is 4.39 Å². The first-order valence-electron chi connectivity index (χ1n) is 13.0. The number of aryl methyl sites for hydroxylation is 1. The fourth-order valence-corrected chi connectivity index (χ4v) is 5.57. The number of rotatable bonds is 8. The Hall–Kier alpha value is -4.48. The van der Waals surface area contributed by atoms with Crippen LogP contribution in [-0.4, -0.2) is 69.6 Å². The zero-order valence-corrected chi connectivity index (χ0v) is 23.6. The highest BCUT2D eigenvalue weighted by atomic mass is 32.2. The first-order valence-corrected chi connectivity index (χ1v) is 15.1. The third kappa shape index (κ3) is 5.72. The summed E-state index contributed by atoms with van der Waals surface area (Å²) in [7, 11) is 0.853. The van der Waals surface area contributed by atoms with Crippen molar-refractivity contribution in [3.05, 3.63) is 84.1 Å². The monoisotopic (exact) mass is 569 g/mol. The summed E-state index contributed by atoms with van der Waals surface area (Å²) in [4.78, 5) is 19.3. The van der Waals surface area contributed by atoms with Gasteiger partial charge in [-0.05, 0) is 67.5 Å². The lowest BCUT2D eigenvalue weighted by atomic mass is 10.0. The fraction of sp³-hybridized carbons (Fsp3) is 0.200. The number of sulfone groups is 1. The lowest BCUT2D eigenvalue weighted by Crippen LogP contribution is -2.10. The first kappa shape index (κ1) is 26.7. The molecular formula is C30H28FN7O2S. The van der Waals surface area contributed by atoms with E-state index in [2.05, 4.69) is 36.1 Å². The number of aromatic amines is 2. The summed E-state index contributed by atoms with van der Waals surface area (Å²) >= 11 is 0. The summed E-state index contributed by atoms with van der Waals surface area (Å²) in [5.74, 6) is 0.0800. The molecule has 0 aliphatic carbocycles. The first-order chi connectivity index (χ1) is 19.6. The number of fused-ring (bicyclic) bond motifs is 2. The Morgan fingerprint density at radius 2 is 1.78 bits per heavy atom. The number of hydrogen-bond acceptors (Lipinski definition) is 7. The van der Waals surface area contributed by atoms with Crippen LogP contribution in [0, 0.1) is 5.82 Å². The van der Waals surface area contributed by atoms with E-state index in [9.17, 15) is 12.8 Å². The van der Waals surface area contributed by atoms with Gasteiger partial charge in [0, 0.05) is 41.7 Å². The molecule has 0 saturated carbocycles. The van der Waals surface area contributed by atoms with Crippen LogP contribution in [0.5, 0.6) is 0 Å². The molecule has 0 radical (unpaired) electrons. The van der Waals surface area contributed by atoms with Gasteiger partial charge in [0.1, 0.15) is 21.3 Å². The van der Waals surface area contributed by atoms with Crippen LogP contribution in [-0.2, 0) is 22.8 Å². The van der Waals surface area contributed by atoms with Gasteiger partial charge in [-0.25, -0.2) is 17.8 Å². The van der Waals surface area contributed by atoms with Gasteiger partial charge in [-0.2, -0.15) is 5.10 Å². The van der Waals surface area contributed by atoms with E-state index < -0.39 is 15.7 Å². The molecule has 0 saturated heterocycles. The van der Waals surface area contributed by atoms with E-state index in [1.807, 2.05) is 50.6 Å². The summed E-state index contributed by atoms with van der Waals surface area (Å²) in [5, 5.41) is 8.42. The van der Waals surface area contributed by atoms with E-state index in [1.54, 1.807) is 12.4 Å². The molecule has 0 spiro atoms. The lowest BCUT2D eigenvalue weighted by Gasteiger charge is -2.10. The minimum absolute atomic E-state index is 0.0499. The summed E-state index contributed by atoms with van der Waals surface area (Å²) in [6.45, 7) is 0.770. The van der Waals surface area contributed by atoms with E-state index in [0.29, 0.717) is 28.2 Å². The summed E-state index contributed by atoms with van der Waals surface area (Å²) in [5.41, 5.74) is 7.56. The van der Waals surface area contributed by atoms with Crippen molar-refractivity contribution in [2.45, 2.75) is 13.0 Å². The van der Waals surface area contributed by atoms with Gasteiger partial charge in [0.25, 0.3) is 0 Å². The standard InChI is InChI=1S/C30H28FN7O2S/c1-38(2)17-19-10-21(15-32-14-19)26-13-24-27(16-33-26)36-37-29(24)30-34-25-6-4-5-23(28(25)35-30)20-9-18(11-22(31)12-20)7-8-41(3,39)40/h4-6,9-16H,7-8,17H2,1-3H3,(H,34,35)(H,36,37).